The van der Waals surface area contributed by atoms with E-state index in [1.165, 1.54) is 13.1 Å². The number of aromatic nitrogens is 2. The van der Waals surface area contributed by atoms with Gasteiger partial charge in [0, 0.05) is 18.2 Å². The van der Waals surface area contributed by atoms with Crippen molar-refractivity contribution in [1.29, 1.82) is 0 Å². The van der Waals surface area contributed by atoms with E-state index in [0.29, 0.717) is 0 Å². The van der Waals surface area contributed by atoms with Gasteiger partial charge in [0.15, 0.2) is 12.8 Å². The Balaban J connectivity index is 2.12. The van der Waals surface area contributed by atoms with Gasteiger partial charge in [-0.3, -0.25) is 19.1 Å². The number of nitrogens with one attached hydrogen (secondary N) is 1. The minimum absolute atomic E-state index is 0.186. The molecule has 9 nitrogen and oxygen atoms in total. The molecule has 10 heteroatoms. The lowest BCUT2D eigenvalue weighted by Crippen LogP contribution is -2.40. The highest BCUT2D eigenvalue weighted by molar-refractivity contribution is 5.75. The molecule has 1 fully saturated rings. The summed E-state index contributed by atoms with van der Waals surface area (Å²) in [5.41, 5.74) is 4.38. The average Bonchev–Trinajstić information content (AvgIpc) is 2.83. The number of H-pyrrole nitrogens is 1. The summed E-state index contributed by atoms with van der Waals surface area (Å²) >= 11 is 0. The van der Waals surface area contributed by atoms with Gasteiger partial charge in [-0.1, -0.05) is 13.8 Å². The predicted octanol–water partition coefficient (Wildman–Crippen LogP) is -0.683. The molecule has 1 aromatic heterocycles. The number of esters is 1. The Morgan fingerprint density at radius 3 is 2.84 bits per heavy atom. The summed E-state index contributed by atoms with van der Waals surface area (Å²) in [5.74, 6) is -3.45. The number of hydrogen-bond acceptors (Lipinski definition) is 7. The number of aryl methyl sites for hydroxylation is 1. The maximum Gasteiger partial charge on any atom is 0.330 e. The minimum Gasteiger partial charge on any atom is -0.458 e. The number of nitrogens with two attached hydrogens (primary N) is 1. The van der Waals surface area contributed by atoms with Crippen LogP contribution in [-0.4, -0.2) is 45.2 Å². The Morgan fingerprint density at radius 2 is 2.24 bits per heavy atom. The smallest absolute Gasteiger partial charge is 0.330 e. The molecule has 0 aromatic carbocycles. The lowest BCUT2D eigenvalue weighted by Gasteiger charge is -2.22. The number of rotatable bonds is 5. The molecule has 1 aliphatic heterocycles. The maximum absolute atomic E-state index is 14.7. The van der Waals surface area contributed by atoms with Crippen LogP contribution in [-0.2, 0) is 14.3 Å². The van der Waals surface area contributed by atoms with E-state index in [1.54, 1.807) is 13.8 Å². The first-order chi connectivity index (χ1) is 11.5. The van der Waals surface area contributed by atoms with E-state index >= 15 is 0 Å². The van der Waals surface area contributed by atoms with Crippen LogP contribution in [0.15, 0.2) is 15.8 Å². The number of aliphatic hydroxyl groups excluding tert-OH is 1. The predicted molar refractivity (Wildman–Crippen MR) is 84.4 cm³/mol. The summed E-state index contributed by atoms with van der Waals surface area (Å²) < 4.78 is 25.6. The molecular formula is C15H22FN3O6. The van der Waals surface area contributed by atoms with Crippen molar-refractivity contribution >= 4 is 5.97 Å². The molecule has 1 saturated heterocycles. The second-order valence-electron chi connectivity index (χ2n) is 6.52. The van der Waals surface area contributed by atoms with Gasteiger partial charge in [-0.25, -0.2) is 9.18 Å². The number of nitrogens with zero attached hydrogens (tertiary/aromatic N) is 1. The molecule has 2 heterocycles. The third kappa shape index (κ3) is 4.14. The van der Waals surface area contributed by atoms with E-state index < -0.39 is 54.5 Å². The van der Waals surface area contributed by atoms with Gasteiger partial charge in [-0.15, -0.1) is 0 Å². The number of aromatic amines is 1. The number of ether oxygens (including phenoxy) is 2. The van der Waals surface area contributed by atoms with E-state index in [2.05, 4.69) is 0 Å². The SMILES string of the molecule is Cc1cn([C@@H]2O[C@](F)(COC(=O)[C@@H](N)C(C)C)C[C@H]2O)c(=O)[nH]c1=O. The van der Waals surface area contributed by atoms with Crippen LogP contribution in [0.5, 0.6) is 0 Å². The first-order valence-electron chi connectivity index (χ1n) is 7.83. The zero-order valence-corrected chi connectivity index (χ0v) is 14.2. The van der Waals surface area contributed by atoms with Gasteiger partial charge in [0.2, 0.25) is 5.85 Å². The molecule has 0 radical (unpaired) electrons. The summed E-state index contributed by atoms with van der Waals surface area (Å²) in [6.07, 6.45) is -2.07. The average molecular weight is 359 g/mol. The van der Waals surface area contributed by atoms with E-state index in [-0.39, 0.29) is 11.5 Å². The third-order valence-corrected chi connectivity index (χ3v) is 4.02. The second kappa shape index (κ2) is 7.06. The lowest BCUT2D eigenvalue weighted by molar-refractivity contribution is -0.196. The molecule has 0 amide bonds. The van der Waals surface area contributed by atoms with Gasteiger partial charge in [0.1, 0.15) is 12.1 Å². The molecule has 1 aliphatic rings. The summed E-state index contributed by atoms with van der Waals surface area (Å²) in [6.45, 7) is 4.12. The zero-order valence-electron chi connectivity index (χ0n) is 14.2. The van der Waals surface area contributed by atoms with Crippen LogP contribution < -0.4 is 17.0 Å². The highest BCUT2D eigenvalue weighted by Crippen LogP contribution is 2.37. The molecule has 140 valence electrons. The van der Waals surface area contributed by atoms with Crippen molar-refractivity contribution in [1.82, 2.24) is 9.55 Å². The Labute approximate surface area is 142 Å². The monoisotopic (exact) mass is 359 g/mol. The molecule has 0 spiro atoms. The summed E-state index contributed by atoms with van der Waals surface area (Å²) in [7, 11) is 0. The van der Waals surface area contributed by atoms with Gasteiger partial charge >= 0.3 is 11.7 Å². The Kier molecular flexibility index (Phi) is 5.45. The number of carbonyl (C=O) groups is 1. The number of alkyl halides is 1. The third-order valence-electron chi connectivity index (χ3n) is 4.02. The minimum atomic E-state index is -2.47. The number of aliphatic hydroxyl groups is 1. The van der Waals surface area contributed by atoms with Crippen LogP contribution in [0.1, 0.15) is 32.1 Å². The quantitative estimate of drug-likeness (QED) is 0.592. The molecule has 0 saturated carbocycles. The summed E-state index contributed by atoms with van der Waals surface area (Å²) in [6, 6.07) is -0.907. The van der Waals surface area contributed by atoms with Crippen molar-refractivity contribution in [2.24, 2.45) is 11.7 Å². The molecule has 25 heavy (non-hydrogen) atoms. The molecule has 4 atom stereocenters. The van der Waals surface area contributed by atoms with Crippen molar-refractivity contribution in [2.45, 2.75) is 51.4 Å². The van der Waals surface area contributed by atoms with Crippen molar-refractivity contribution in [3.05, 3.63) is 32.6 Å². The summed E-state index contributed by atoms with van der Waals surface area (Å²) in [4.78, 5) is 37.0. The largest absolute Gasteiger partial charge is 0.458 e. The highest BCUT2D eigenvalue weighted by atomic mass is 19.2. The second-order valence-corrected chi connectivity index (χ2v) is 6.52. The fourth-order valence-electron chi connectivity index (χ4n) is 2.41. The fourth-order valence-corrected chi connectivity index (χ4v) is 2.41. The normalized spacial score (nSPS) is 27.5. The Bertz CT molecular complexity index is 760. The van der Waals surface area contributed by atoms with Crippen LogP contribution in [0.4, 0.5) is 4.39 Å². The molecular weight excluding hydrogens is 337 g/mol. The Morgan fingerprint density at radius 1 is 1.60 bits per heavy atom. The standard InChI is InChI=1S/C15H22FN3O6/c1-7(2)10(17)13(22)24-6-15(16)4-9(20)12(25-15)19-5-8(3)11(21)18-14(19)23/h5,7,9-10,12,20H,4,6,17H2,1-3H3,(H,18,21,23)/t9-,10+,12-,15+/m1/s1. The topological polar surface area (TPSA) is 137 Å². The lowest BCUT2D eigenvalue weighted by atomic mass is 10.1. The van der Waals surface area contributed by atoms with Crippen molar-refractivity contribution in [3.8, 4) is 0 Å². The van der Waals surface area contributed by atoms with E-state index in [1.807, 2.05) is 4.98 Å². The molecule has 1 aromatic rings. The first-order valence-corrected chi connectivity index (χ1v) is 7.83. The molecule has 0 aliphatic carbocycles. The molecule has 4 N–H and O–H groups in total. The van der Waals surface area contributed by atoms with Gasteiger partial charge < -0.3 is 20.3 Å². The maximum atomic E-state index is 14.7. The summed E-state index contributed by atoms with van der Waals surface area (Å²) in [5, 5.41) is 10.0. The first kappa shape index (κ1) is 19.3. The van der Waals surface area contributed by atoms with Crippen LogP contribution >= 0.6 is 0 Å². The van der Waals surface area contributed by atoms with Crippen molar-refractivity contribution in [3.63, 3.8) is 0 Å². The molecule has 0 bridgehead atoms. The zero-order chi connectivity index (χ0) is 18.9. The molecule has 2 rings (SSSR count). The van der Waals surface area contributed by atoms with Gasteiger partial charge in [0.25, 0.3) is 5.56 Å². The highest BCUT2D eigenvalue weighted by Gasteiger charge is 2.49. The number of carbonyl (C=O) groups excluding carboxylic acids is 1. The number of halogens is 1. The van der Waals surface area contributed by atoms with Crippen LogP contribution in [0, 0.1) is 12.8 Å². The van der Waals surface area contributed by atoms with Crippen molar-refractivity contribution in [2.75, 3.05) is 6.61 Å². The van der Waals surface area contributed by atoms with Crippen LogP contribution in [0.3, 0.4) is 0 Å². The van der Waals surface area contributed by atoms with Crippen molar-refractivity contribution < 1.29 is 23.8 Å². The van der Waals surface area contributed by atoms with Crippen LogP contribution in [0.25, 0.3) is 0 Å². The van der Waals surface area contributed by atoms with Gasteiger partial charge in [0.05, 0.1) is 0 Å². The van der Waals surface area contributed by atoms with Gasteiger partial charge in [-0.05, 0) is 12.8 Å². The molecule has 0 unspecified atom stereocenters. The number of hydrogen-bond donors (Lipinski definition) is 3. The van der Waals surface area contributed by atoms with Gasteiger partial charge in [-0.2, -0.15) is 0 Å². The fraction of sp³-hybridized carbons (Fsp3) is 0.667. The van der Waals surface area contributed by atoms with E-state index in [0.717, 1.165) is 4.57 Å². The van der Waals surface area contributed by atoms with E-state index in [9.17, 15) is 23.9 Å². The Hall–Kier alpha value is -2.04. The van der Waals surface area contributed by atoms with E-state index in [4.69, 9.17) is 15.2 Å². The van der Waals surface area contributed by atoms with Crippen LogP contribution in [0.2, 0.25) is 0 Å².